The van der Waals surface area contributed by atoms with E-state index in [1.807, 2.05) is 25.1 Å². The highest BCUT2D eigenvalue weighted by molar-refractivity contribution is 7.16. The molecule has 1 saturated heterocycles. The number of nitrogens with one attached hydrogen (secondary N) is 1. The fourth-order valence-electron chi connectivity index (χ4n) is 3.96. The van der Waals surface area contributed by atoms with Gasteiger partial charge < -0.3 is 19.4 Å². The molecule has 3 aromatic heterocycles. The topological polar surface area (TPSA) is 87.9 Å². The summed E-state index contributed by atoms with van der Waals surface area (Å²) in [6.07, 6.45) is 3.86. The van der Waals surface area contributed by atoms with Crippen LogP contribution in [0.5, 0.6) is 0 Å². The molecular formula is C24H28N4O4S. The SMILES string of the molecule is CCOC(=O)N1CCN([C@H](c2ccccn2)c2cc(CC)sc2NC(=O)c2ccco2)CC1. The fraction of sp³-hybridized carbons (Fsp3) is 0.375. The Labute approximate surface area is 197 Å². The number of hydrogen-bond donors (Lipinski definition) is 1. The summed E-state index contributed by atoms with van der Waals surface area (Å²) in [6.45, 7) is 6.75. The first-order chi connectivity index (χ1) is 16.1. The van der Waals surface area contributed by atoms with Crippen LogP contribution in [0.2, 0.25) is 0 Å². The molecule has 9 heteroatoms. The van der Waals surface area contributed by atoms with Crippen LogP contribution < -0.4 is 5.32 Å². The van der Waals surface area contributed by atoms with E-state index in [-0.39, 0.29) is 23.8 Å². The van der Waals surface area contributed by atoms with Gasteiger partial charge in [0.1, 0.15) is 5.00 Å². The minimum atomic E-state index is -0.280. The van der Waals surface area contributed by atoms with E-state index in [9.17, 15) is 9.59 Å². The van der Waals surface area contributed by atoms with E-state index in [1.54, 1.807) is 34.6 Å². The van der Waals surface area contributed by atoms with Crippen molar-refractivity contribution in [1.82, 2.24) is 14.8 Å². The van der Waals surface area contributed by atoms with E-state index in [1.165, 1.54) is 11.1 Å². The van der Waals surface area contributed by atoms with Crippen molar-refractivity contribution in [3.05, 3.63) is 70.8 Å². The largest absolute Gasteiger partial charge is 0.459 e. The van der Waals surface area contributed by atoms with E-state index in [0.717, 1.165) is 22.7 Å². The number of hydrogen-bond acceptors (Lipinski definition) is 7. The molecule has 0 radical (unpaired) electrons. The summed E-state index contributed by atoms with van der Waals surface area (Å²) in [5, 5.41) is 3.84. The first-order valence-corrected chi connectivity index (χ1v) is 12.0. The van der Waals surface area contributed by atoms with Gasteiger partial charge in [-0.3, -0.25) is 14.7 Å². The molecule has 33 heavy (non-hydrogen) atoms. The van der Waals surface area contributed by atoms with Crippen LogP contribution in [-0.4, -0.2) is 59.6 Å². The van der Waals surface area contributed by atoms with Crippen molar-refractivity contribution in [2.45, 2.75) is 26.3 Å². The van der Waals surface area contributed by atoms with E-state index in [4.69, 9.17) is 9.15 Å². The molecule has 1 aliphatic heterocycles. The first kappa shape index (κ1) is 23.0. The zero-order valence-electron chi connectivity index (χ0n) is 18.8. The van der Waals surface area contributed by atoms with Gasteiger partial charge in [0, 0.05) is 42.8 Å². The summed E-state index contributed by atoms with van der Waals surface area (Å²) in [7, 11) is 0. The monoisotopic (exact) mass is 468 g/mol. The Balaban J connectivity index is 1.64. The van der Waals surface area contributed by atoms with Gasteiger partial charge in [0.05, 0.1) is 24.6 Å². The maximum absolute atomic E-state index is 12.8. The number of ether oxygens (including phenoxy) is 1. The molecule has 0 aliphatic carbocycles. The first-order valence-electron chi connectivity index (χ1n) is 11.1. The molecule has 0 unspecified atom stereocenters. The van der Waals surface area contributed by atoms with Crippen LogP contribution in [0.15, 0.2) is 53.3 Å². The number of pyridine rings is 1. The maximum atomic E-state index is 12.8. The minimum Gasteiger partial charge on any atom is -0.459 e. The molecule has 0 bridgehead atoms. The summed E-state index contributed by atoms with van der Waals surface area (Å²) in [5.41, 5.74) is 1.90. The van der Waals surface area contributed by atoms with Crippen LogP contribution in [-0.2, 0) is 11.2 Å². The van der Waals surface area contributed by atoms with E-state index >= 15 is 0 Å². The molecule has 1 N–H and O–H groups in total. The number of aromatic nitrogens is 1. The molecule has 0 saturated carbocycles. The van der Waals surface area contributed by atoms with Crippen molar-refractivity contribution in [2.75, 3.05) is 38.1 Å². The smallest absolute Gasteiger partial charge is 0.409 e. The molecule has 1 fully saturated rings. The zero-order chi connectivity index (χ0) is 23.2. The fourth-order valence-corrected chi connectivity index (χ4v) is 4.99. The van der Waals surface area contributed by atoms with Gasteiger partial charge in [0.25, 0.3) is 5.91 Å². The number of rotatable bonds is 7. The lowest BCUT2D eigenvalue weighted by molar-refractivity contribution is 0.0710. The standard InChI is InChI=1S/C24H28N4O4S/c1-3-17-16-18(23(33-17)26-22(29)20-9-7-15-32-20)21(19-8-5-6-10-25-19)27-11-13-28(14-12-27)24(30)31-4-2/h5-10,15-16,21H,3-4,11-14H2,1-2H3,(H,26,29)/t21-/m0/s1. The third kappa shape index (κ3) is 5.26. The summed E-state index contributed by atoms with van der Waals surface area (Å²) in [5.74, 6) is -0.0116. The van der Waals surface area contributed by atoms with Crippen molar-refractivity contribution in [3.8, 4) is 0 Å². The molecule has 3 aromatic rings. The molecule has 0 spiro atoms. The normalized spacial score (nSPS) is 15.3. The number of amides is 2. The van der Waals surface area contributed by atoms with Crippen LogP contribution in [0.1, 0.15) is 46.6 Å². The lowest BCUT2D eigenvalue weighted by atomic mass is 10.0. The van der Waals surface area contributed by atoms with Gasteiger partial charge in [-0.15, -0.1) is 11.3 Å². The van der Waals surface area contributed by atoms with Crippen LogP contribution in [0.3, 0.4) is 0 Å². The Kier molecular flexibility index (Phi) is 7.41. The van der Waals surface area contributed by atoms with Crippen molar-refractivity contribution in [2.24, 2.45) is 0 Å². The minimum absolute atomic E-state index is 0.154. The number of furan rings is 1. The van der Waals surface area contributed by atoms with Crippen molar-refractivity contribution >= 4 is 28.3 Å². The Morgan fingerprint density at radius 2 is 2.00 bits per heavy atom. The molecular weight excluding hydrogens is 440 g/mol. The van der Waals surface area contributed by atoms with Gasteiger partial charge in [-0.1, -0.05) is 13.0 Å². The molecule has 2 amide bonds. The maximum Gasteiger partial charge on any atom is 0.409 e. The van der Waals surface area contributed by atoms with Crippen molar-refractivity contribution in [1.29, 1.82) is 0 Å². The third-order valence-electron chi connectivity index (χ3n) is 5.60. The third-order valence-corrected chi connectivity index (χ3v) is 6.81. The van der Waals surface area contributed by atoms with Crippen molar-refractivity contribution < 1.29 is 18.7 Å². The van der Waals surface area contributed by atoms with Gasteiger partial charge in [0.2, 0.25) is 0 Å². The van der Waals surface area contributed by atoms with E-state index in [2.05, 4.69) is 28.2 Å². The van der Waals surface area contributed by atoms with Crippen LogP contribution in [0.4, 0.5) is 9.80 Å². The molecule has 1 atom stereocenters. The highest BCUT2D eigenvalue weighted by Gasteiger charge is 2.32. The Bertz CT molecular complexity index is 1060. The second-order valence-electron chi connectivity index (χ2n) is 7.66. The number of thiophene rings is 1. The van der Waals surface area contributed by atoms with Gasteiger partial charge in [-0.05, 0) is 43.7 Å². The highest BCUT2D eigenvalue weighted by Crippen LogP contribution is 2.39. The van der Waals surface area contributed by atoms with Gasteiger partial charge in [-0.25, -0.2) is 4.79 Å². The number of aryl methyl sites for hydroxylation is 1. The Morgan fingerprint density at radius 1 is 1.18 bits per heavy atom. The second-order valence-corrected chi connectivity index (χ2v) is 8.80. The highest BCUT2D eigenvalue weighted by atomic mass is 32.1. The summed E-state index contributed by atoms with van der Waals surface area (Å²) in [6, 6.07) is 11.2. The lowest BCUT2D eigenvalue weighted by Crippen LogP contribution is -2.50. The van der Waals surface area contributed by atoms with Crippen molar-refractivity contribution in [3.63, 3.8) is 0 Å². The number of anilines is 1. The molecule has 1 aliphatic rings. The van der Waals surface area contributed by atoms with Crippen LogP contribution in [0.25, 0.3) is 0 Å². The van der Waals surface area contributed by atoms with Gasteiger partial charge >= 0.3 is 6.09 Å². The number of carbonyl (C=O) groups is 2. The molecule has 4 heterocycles. The van der Waals surface area contributed by atoms with Crippen LogP contribution >= 0.6 is 11.3 Å². The quantitative estimate of drug-likeness (QED) is 0.553. The number of carbonyl (C=O) groups excluding carboxylic acids is 2. The average Bonchev–Trinajstić information content (AvgIpc) is 3.51. The number of piperazine rings is 1. The zero-order valence-corrected chi connectivity index (χ0v) is 19.6. The summed E-state index contributed by atoms with van der Waals surface area (Å²) < 4.78 is 10.4. The summed E-state index contributed by atoms with van der Waals surface area (Å²) in [4.78, 5) is 34.8. The Hall–Kier alpha value is -3.17. The predicted octanol–water partition coefficient (Wildman–Crippen LogP) is 4.41. The molecule has 174 valence electrons. The molecule has 0 aromatic carbocycles. The second kappa shape index (κ2) is 10.6. The average molecular weight is 469 g/mol. The van der Waals surface area contributed by atoms with E-state index < -0.39 is 0 Å². The van der Waals surface area contributed by atoms with Crippen LogP contribution in [0, 0.1) is 0 Å². The predicted molar refractivity (Wildman–Crippen MR) is 127 cm³/mol. The Morgan fingerprint density at radius 3 is 2.64 bits per heavy atom. The van der Waals surface area contributed by atoms with Gasteiger partial charge in [0.15, 0.2) is 5.76 Å². The lowest BCUT2D eigenvalue weighted by Gasteiger charge is -2.38. The van der Waals surface area contributed by atoms with Gasteiger partial charge in [-0.2, -0.15) is 0 Å². The number of nitrogens with zero attached hydrogens (tertiary/aromatic N) is 3. The molecule has 8 nitrogen and oxygen atoms in total. The summed E-state index contributed by atoms with van der Waals surface area (Å²) >= 11 is 1.57. The van der Waals surface area contributed by atoms with E-state index in [0.29, 0.717) is 32.8 Å². The molecule has 4 rings (SSSR count).